The number of benzene rings is 1. The van der Waals surface area contributed by atoms with Crippen molar-refractivity contribution in [3.05, 3.63) is 40.7 Å². The summed E-state index contributed by atoms with van der Waals surface area (Å²) in [5.41, 5.74) is 1.52. The summed E-state index contributed by atoms with van der Waals surface area (Å²) in [6, 6.07) is 7.09. The highest BCUT2D eigenvalue weighted by Gasteiger charge is 2.19. The van der Waals surface area contributed by atoms with Crippen LogP contribution in [-0.2, 0) is 0 Å². The lowest BCUT2D eigenvalue weighted by atomic mass is 10.1. The van der Waals surface area contributed by atoms with E-state index in [0.29, 0.717) is 16.5 Å². The first kappa shape index (κ1) is 12.6. The molecule has 2 N–H and O–H groups in total. The maximum atomic E-state index is 11.1. The summed E-state index contributed by atoms with van der Waals surface area (Å²) in [5.74, 6) is -0.396. The monoisotopic (exact) mass is 264 g/mol. The van der Waals surface area contributed by atoms with Gasteiger partial charge in [0.2, 0.25) is 0 Å². The standard InChI is InChI=1S/C13H13ClN2O2/c1-7(2)10-11(13(17)18)16-12(15-10)8-3-5-9(14)6-4-8/h3-7H,1-2H3,(H,15,16)(H,17,18). The lowest BCUT2D eigenvalue weighted by Gasteiger charge is -2.01. The van der Waals surface area contributed by atoms with Crippen molar-refractivity contribution in [1.82, 2.24) is 9.97 Å². The molecule has 0 aliphatic heterocycles. The SMILES string of the molecule is CC(C)c1[nH]c(-c2ccc(Cl)cc2)nc1C(=O)O. The highest BCUT2D eigenvalue weighted by atomic mass is 35.5. The predicted molar refractivity (Wildman–Crippen MR) is 70.1 cm³/mol. The van der Waals surface area contributed by atoms with Gasteiger partial charge in [0.05, 0.1) is 5.69 Å². The smallest absolute Gasteiger partial charge is 0.356 e. The van der Waals surface area contributed by atoms with Crippen LogP contribution in [0.2, 0.25) is 5.02 Å². The van der Waals surface area contributed by atoms with Crippen molar-refractivity contribution in [2.75, 3.05) is 0 Å². The van der Waals surface area contributed by atoms with Gasteiger partial charge in [-0.3, -0.25) is 0 Å². The molecule has 1 aromatic carbocycles. The van der Waals surface area contributed by atoms with E-state index in [2.05, 4.69) is 9.97 Å². The average Bonchev–Trinajstić information content (AvgIpc) is 2.75. The zero-order valence-corrected chi connectivity index (χ0v) is 10.8. The van der Waals surface area contributed by atoms with Crippen LogP contribution in [0, 0.1) is 0 Å². The molecular formula is C13H13ClN2O2. The van der Waals surface area contributed by atoms with Gasteiger partial charge >= 0.3 is 5.97 Å². The number of H-pyrrole nitrogens is 1. The van der Waals surface area contributed by atoms with Crippen molar-refractivity contribution in [2.45, 2.75) is 19.8 Å². The first-order valence-electron chi connectivity index (χ1n) is 5.58. The summed E-state index contributed by atoms with van der Waals surface area (Å²) in [6.45, 7) is 3.84. The summed E-state index contributed by atoms with van der Waals surface area (Å²) in [4.78, 5) is 18.3. The topological polar surface area (TPSA) is 66.0 Å². The molecule has 0 saturated heterocycles. The molecule has 0 aliphatic rings. The summed E-state index contributed by atoms with van der Waals surface area (Å²) in [5, 5.41) is 9.75. The number of hydrogen-bond donors (Lipinski definition) is 2. The third-order valence-electron chi connectivity index (χ3n) is 2.63. The van der Waals surface area contributed by atoms with Crippen molar-refractivity contribution in [3.63, 3.8) is 0 Å². The summed E-state index contributed by atoms with van der Waals surface area (Å²) < 4.78 is 0. The number of halogens is 1. The molecule has 0 saturated carbocycles. The second kappa shape index (κ2) is 4.82. The Bertz CT molecular complexity index is 573. The number of imidazole rings is 1. The fraction of sp³-hybridized carbons (Fsp3) is 0.231. The van der Waals surface area contributed by atoms with Crippen LogP contribution in [0.25, 0.3) is 11.4 Å². The Morgan fingerprint density at radius 3 is 2.39 bits per heavy atom. The van der Waals surface area contributed by atoms with E-state index in [1.807, 2.05) is 13.8 Å². The Balaban J connectivity index is 2.49. The number of aromatic amines is 1. The highest BCUT2D eigenvalue weighted by Crippen LogP contribution is 2.24. The lowest BCUT2D eigenvalue weighted by Crippen LogP contribution is -2.02. The molecule has 1 heterocycles. The van der Waals surface area contributed by atoms with E-state index in [4.69, 9.17) is 16.7 Å². The number of aromatic carboxylic acids is 1. The van der Waals surface area contributed by atoms with Crippen molar-refractivity contribution in [3.8, 4) is 11.4 Å². The van der Waals surface area contributed by atoms with Crippen LogP contribution in [0.3, 0.4) is 0 Å². The highest BCUT2D eigenvalue weighted by molar-refractivity contribution is 6.30. The minimum atomic E-state index is -1.02. The second-order valence-corrected chi connectivity index (χ2v) is 4.75. The number of rotatable bonds is 3. The molecule has 0 radical (unpaired) electrons. The van der Waals surface area contributed by atoms with E-state index in [1.165, 1.54) is 0 Å². The Kier molecular flexibility index (Phi) is 3.39. The Labute approximate surface area is 110 Å². The summed E-state index contributed by atoms with van der Waals surface area (Å²) >= 11 is 5.81. The first-order chi connectivity index (χ1) is 8.49. The molecule has 0 unspecified atom stereocenters. The summed E-state index contributed by atoms with van der Waals surface area (Å²) in [7, 11) is 0. The number of carboxylic acids is 1. The first-order valence-corrected chi connectivity index (χ1v) is 5.96. The summed E-state index contributed by atoms with van der Waals surface area (Å²) in [6.07, 6.45) is 0. The van der Waals surface area contributed by atoms with Crippen molar-refractivity contribution in [1.29, 1.82) is 0 Å². The van der Waals surface area contributed by atoms with Crippen LogP contribution in [0.15, 0.2) is 24.3 Å². The van der Waals surface area contributed by atoms with Gasteiger partial charge in [0.15, 0.2) is 5.69 Å². The molecule has 2 aromatic rings. The van der Waals surface area contributed by atoms with Crippen LogP contribution in [-0.4, -0.2) is 21.0 Å². The van der Waals surface area contributed by atoms with Crippen molar-refractivity contribution in [2.24, 2.45) is 0 Å². The molecule has 18 heavy (non-hydrogen) atoms. The average molecular weight is 265 g/mol. The number of carbonyl (C=O) groups is 1. The normalized spacial score (nSPS) is 10.9. The number of hydrogen-bond acceptors (Lipinski definition) is 2. The number of aromatic nitrogens is 2. The maximum absolute atomic E-state index is 11.1. The third-order valence-corrected chi connectivity index (χ3v) is 2.88. The third kappa shape index (κ3) is 2.38. The lowest BCUT2D eigenvalue weighted by molar-refractivity contribution is 0.0689. The molecule has 0 fully saturated rings. The Morgan fingerprint density at radius 1 is 1.33 bits per heavy atom. The van der Waals surface area contributed by atoms with E-state index >= 15 is 0 Å². The zero-order valence-electron chi connectivity index (χ0n) is 10.1. The molecule has 0 bridgehead atoms. The van der Waals surface area contributed by atoms with Crippen LogP contribution >= 0.6 is 11.6 Å². The van der Waals surface area contributed by atoms with Gasteiger partial charge in [0.1, 0.15) is 5.82 Å². The molecule has 2 rings (SSSR count). The van der Waals surface area contributed by atoms with Crippen LogP contribution in [0.4, 0.5) is 0 Å². The number of carboxylic acid groups (broad SMARTS) is 1. The van der Waals surface area contributed by atoms with E-state index in [-0.39, 0.29) is 11.6 Å². The van der Waals surface area contributed by atoms with Crippen molar-refractivity contribution >= 4 is 17.6 Å². The molecule has 4 nitrogen and oxygen atoms in total. The molecule has 94 valence electrons. The van der Waals surface area contributed by atoms with Crippen LogP contribution < -0.4 is 0 Å². The minimum Gasteiger partial charge on any atom is -0.476 e. The van der Waals surface area contributed by atoms with Crippen LogP contribution in [0.1, 0.15) is 35.9 Å². The zero-order chi connectivity index (χ0) is 13.3. The second-order valence-electron chi connectivity index (χ2n) is 4.31. The van der Waals surface area contributed by atoms with Gasteiger partial charge in [-0.05, 0) is 30.2 Å². The largest absolute Gasteiger partial charge is 0.476 e. The minimum absolute atomic E-state index is 0.0738. The number of nitrogens with one attached hydrogen (secondary N) is 1. The van der Waals surface area contributed by atoms with Crippen LogP contribution in [0.5, 0.6) is 0 Å². The van der Waals surface area contributed by atoms with E-state index < -0.39 is 5.97 Å². The Morgan fingerprint density at radius 2 is 1.94 bits per heavy atom. The Hall–Kier alpha value is -1.81. The van der Waals surface area contributed by atoms with Gasteiger partial charge in [-0.15, -0.1) is 0 Å². The van der Waals surface area contributed by atoms with Gasteiger partial charge in [-0.25, -0.2) is 9.78 Å². The molecular weight excluding hydrogens is 252 g/mol. The van der Waals surface area contributed by atoms with Crippen molar-refractivity contribution < 1.29 is 9.90 Å². The van der Waals surface area contributed by atoms with E-state index in [1.54, 1.807) is 24.3 Å². The number of nitrogens with zero attached hydrogens (tertiary/aromatic N) is 1. The van der Waals surface area contributed by atoms with Gasteiger partial charge in [-0.1, -0.05) is 25.4 Å². The predicted octanol–water partition coefficient (Wildman–Crippen LogP) is 3.55. The molecule has 0 spiro atoms. The molecule has 5 heteroatoms. The van der Waals surface area contributed by atoms with Gasteiger partial charge in [0.25, 0.3) is 0 Å². The molecule has 0 amide bonds. The quantitative estimate of drug-likeness (QED) is 0.891. The fourth-order valence-corrected chi connectivity index (χ4v) is 1.84. The molecule has 0 aliphatic carbocycles. The van der Waals surface area contributed by atoms with Gasteiger partial charge < -0.3 is 10.1 Å². The molecule has 1 aromatic heterocycles. The van der Waals surface area contributed by atoms with Gasteiger partial charge in [-0.2, -0.15) is 0 Å². The fourth-order valence-electron chi connectivity index (χ4n) is 1.71. The van der Waals surface area contributed by atoms with E-state index in [0.717, 1.165) is 5.56 Å². The van der Waals surface area contributed by atoms with Gasteiger partial charge in [0, 0.05) is 10.6 Å². The van der Waals surface area contributed by atoms with E-state index in [9.17, 15) is 4.79 Å². The molecule has 0 atom stereocenters. The maximum Gasteiger partial charge on any atom is 0.356 e.